The third kappa shape index (κ3) is 2.21. The quantitative estimate of drug-likeness (QED) is 0.430. The molecule has 0 radical (unpaired) electrons. The molecule has 0 saturated heterocycles. The van der Waals surface area contributed by atoms with Crippen LogP contribution in [-0.2, 0) is 10.5 Å². The molecule has 0 heterocycles. The molecule has 0 aliphatic rings. The minimum atomic E-state index is -0.995. The predicted octanol–water partition coefficient (Wildman–Crippen LogP) is 2.30. The molecule has 0 N–H and O–H groups in total. The smallest absolute Gasteiger partial charge is 0.211 e. The number of nitrogens with zero attached hydrogens (tertiary/aromatic N) is 2. The van der Waals surface area contributed by atoms with Crippen molar-refractivity contribution in [3.05, 3.63) is 35.9 Å². The van der Waals surface area contributed by atoms with Crippen LogP contribution in [0.3, 0.4) is 0 Å². The fourth-order valence-corrected chi connectivity index (χ4v) is 1.26. The topological polar surface area (TPSA) is 41.8 Å². The first-order valence-corrected chi connectivity index (χ1v) is 4.37. The molecular weight excluding hydrogens is 196 g/mol. The Morgan fingerprint density at radius 2 is 1.93 bits per heavy atom. The zero-order valence-corrected chi connectivity index (χ0v) is 8.41. The van der Waals surface area contributed by atoms with Crippen molar-refractivity contribution in [1.82, 2.24) is 0 Å². The summed E-state index contributed by atoms with van der Waals surface area (Å²) in [6.45, 7) is 1.67. The van der Waals surface area contributed by atoms with Gasteiger partial charge in [0.1, 0.15) is 0 Å². The molecular formula is C10H8N2OS. The van der Waals surface area contributed by atoms with Crippen molar-refractivity contribution in [1.29, 1.82) is 0 Å². The van der Waals surface area contributed by atoms with Gasteiger partial charge in [-0.3, -0.25) is 0 Å². The van der Waals surface area contributed by atoms with Crippen LogP contribution in [0.5, 0.6) is 0 Å². The number of isothiocyanates is 1. The number of hydrogen-bond donors (Lipinski definition) is 0. The lowest BCUT2D eigenvalue weighted by Gasteiger charge is -2.16. The second kappa shape index (κ2) is 4.58. The van der Waals surface area contributed by atoms with E-state index in [2.05, 4.69) is 27.4 Å². The Labute approximate surface area is 87.2 Å². The molecule has 1 atom stereocenters. The molecule has 70 valence electrons. The van der Waals surface area contributed by atoms with E-state index in [1.54, 1.807) is 6.92 Å². The van der Waals surface area contributed by atoms with Crippen LogP contribution in [0, 0.1) is 0 Å². The van der Waals surface area contributed by atoms with E-state index in [4.69, 9.17) is 0 Å². The van der Waals surface area contributed by atoms with Crippen LogP contribution in [0.2, 0.25) is 0 Å². The summed E-state index contributed by atoms with van der Waals surface area (Å²) in [7, 11) is 0. The van der Waals surface area contributed by atoms with E-state index in [0.717, 1.165) is 5.56 Å². The molecule has 0 saturated carbocycles. The van der Waals surface area contributed by atoms with Crippen LogP contribution in [0.4, 0.5) is 0 Å². The first kappa shape index (κ1) is 10.5. The highest BCUT2D eigenvalue weighted by Crippen LogP contribution is 2.25. The van der Waals surface area contributed by atoms with Crippen LogP contribution in [0.15, 0.2) is 40.3 Å². The molecule has 1 aromatic rings. The van der Waals surface area contributed by atoms with E-state index >= 15 is 0 Å². The predicted molar refractivity (Wildman–Crippen MR) is 56.9 cm³/mol. The molecule has 14 heavy (non-hydrogen) atoms. The lowest BCUT2D eigenvalue weighted by Crippen LogP contribution is -2.15. The van der Waals surface area contributed by atoms with Crippen molar-refractivity contribution in [2.75, 3.05) is 0 Å². The van der Waals surface area contributed by atoms with Crippen molar-refractivity contribution in [2.45, 2.75) is 12.6 Å². The van der Waals surface area contributed by atoms with Gasteiger partial charge >= 0.3 is 0 Å². The monoisotopic (exact) mass is 204 g/mol. The Morgan fingerprint density at radius 1 is 1.29 bits per heavy atom. The Bertz CT molecular complexity index is 385. The van der Waals surface area contributed by atoms with Crippen molar-refractivity contribution in [3.63, 3.8) is 0 Å². The summed E-state index contributed by atoms with van der Waals surface area (Å²) in [6, 6.07) is 9.18. The summed E-state index contributed by atoms with van der Waals surface area (Å²) in [6.07, 6.45) is 1.49. The summed E-state index contributed by atoms with van der Waals surface area (Å²) in [5.74, 6) is 0. The van der Waals surface area contributed by atoms with Crippen LogP contribution < -0.4 is 0 Å². The van der Waals surface area contributed by atoms with Gasteiger partial charge in [-0.25, -0.2) is 4.79 Å². The fourth-order valence-electron chi connectivity index (χ4n) is 1.09. The Hall–Kier alpha value is -1.60. The molecule has 1 aromatic carbocycles. The van der Waals surface area contributed by atoms with Crippen molar-refractivity contribution in [3.8, 4) is 0 Å². The van der Waals surface area contributed by atoms with E-state index in [0.29, 0.717) is 0 Å². The van der Waals surface area contributed by atoms with Gasteiger partial charge in [0.05, 0.1) is 5.16 Å². The highest BCUT2D eigenvalue weighted by Gasteiger charge is 2.23. The molecule has 0 aromatic heterocycles. The largest absolute Gasteiger partial charge is 0.237 e. The molecule has 0 spiro atoms. The van der Waals surface area contributed by atoms with E-state index in [9.17, 15) is 4.79 Å². The average molecular weight is 204 g/mol. The van der Waals surface area contributed by atoms with Crippen LogP contribution >= 0.6 is 12.2 Å². The lowest BCUT2D eigenvalue weighted by molar-refractivity contribution is 0.508. The normalized spacial score (nSPS) is 13.2. The molecule has 3 nitrogen and oxygen atoms in total. The van der Waals surface area contributed by atoms with Gasteiger partial charge in [0.15, 0.2) is 5.66 Å². The van der Waals surface area contributed by atoms with E-state index in [1.165, 1.54) is 6.08 Å². The van der Waals surface area contributed by atoms with Crippen LogP contribution in [-0.4, -0.2) is 11.2 Å². The molecule has 0 amide bonds. The van der Waals surface area contributed by atoms with Crippen LogP contribution in [0.25, 0.3) is 0 Å². The summed E-state index contributed by atoms with van der Waals surface area (Å²) < 4.78 is 0. The second-order valence-electron chi connectivity index (χ2n) is 2.79. The Kier molecular flexibility index (Phi) is 3.43. The number of benzene rings is 1. The van der Waals surface area contributed by atoms with Gasteiger partial charge in [0.2, 0.25) is 6.08 Å². The average Bonchev–Trinajstić information content (AvgIpc) is 2.20. The first-order valence-electron chi connectivity index (χ1n) is 3.96. The van der Waals surface area contributed by atoms with Crippen molar-refractivity contribution >= 4 is 23.5 Å². The van der Waals surface area contributed by atoms with Crippen molar-refractivity contribution in [2.24, 2.45) is 9.98 Å². The highest BCUT2D eigenvalue weighted by molar-refractivity contribution is 7.78. The molecule has 0 aliphatic carbocycles. The summed E-state index contributed by atoms with van der Waals surface area (Å²) in [5, 5.41) is 2.23. The zero-order chi connectivity index (χ0) is 10.4. The minimum Gasteiger partial charge on any atom is -0.211 e. The van der Waals surface area contributed by atoms with Gasteiger partial charge in [-0.15, -0.1) is 0 Å². The van der Waals surface area contributed by atoms with Gasteiger partial charge < -0.3 is 0 Å². The van der Waals surface area contributed by atoms with E-state index in [1.807, 2.05) is 30.3 Å². The molecule has 0 bridgehead atoms. The Morgan fingerprint density at radius 3 is 2.43 bits per heavy atom. The maximum Gasteiger partial charge on any atom is 0.237 e. The fraction of sp³-hybridized carbons (Fsp3) is 0.200. The molecule has 4 heteroatoms. The van der Waals surface area contributed by atoms with E-state index < -0.39 is 5.66 Å². The number of thiocarbonyl (C=S) groups is 1. The summed E-state index contributed by atoms with van der Waals surface area (Å²) in [5.41, 5.74) is -0.217. The molecule has 0 aliphatic heterocycles. The number of carbonyl (C=O) groups excluding carboxylic acids is 1. The molecule has 1 unspecified atom stereocenters. The lowest BCUT2D eigenvalue weighted by atomic mass is 10.0. The first-order chi connectivity index (χ1) is 6.73. The number of rotatable bonds is 3. The second-order valence-corrected chi connectivity index (χ2v) is 2.98. The van der Waals surface area contributed by atoms with Gasteiger partial charge in [0.25, 0.3) is 0 Å². The third-order valence-electron chi connectivity index (χ3n) is 1.85. The van der Waals surface area contributed by atoms with E-state index in [-0.39, 0.29) is 0 Å². The van der Waals surface area contributed by atoms with Crippen LogP contribution in [0.1, 0.15) is 12.5 Å². The number of isocyanates is 1. The SMILES string of the molecule is CC(N=C=O)(N=C=S)c1ccccc1. The third-order valence-corrected chi connectivity index (χ3v) is 1.94. The standard InChI is InChI=1S/C10H8N2OS/c1-10(11-7-13,12-8-14)9-5-3-2-4-6-9/h2-6H,1H3. The maximum atomic E-state index is 10.3. The number of hydrogen-bond acceptors (Lipinski definition) is 4. The number of aliphatic imine (C=N–C) groups is 2. The van der Waals surface area contributed by atoms with Gasteiger partial charge in [-0.1, -0.05) is 30.3 Å². The van der Waals surface area contributed by atoms with Gasteiger partial charge in [0, 0.05) is 5.56 Å². The minimum absolute atomic E-state index is 0.778. The maximum absolute atomic E-state index is 10.3. The summed E-state index contributed by atoms with van der Waals surface area (Å²) in [4.78, 5) is 17.7. The summed E-state index contributed by atoms with van der Waals surface area (Å²) >= 11 is 4.51. The van der Waals surface area contributed by atoms with Gasteiger partial charge in [-0.2, -0.15) is 9.98 Å². The Balaban J connectivity index is 3.25. The van der Waals surface area contributed by atoms with Crippen molar-refractivity contribution < 1.29 is 4.79 Å². The zero-order valence-electron chi connectivity index (χ0n) is 7.60. The van der Waals surface area contributed by atoms with Gasteiger partial charge in [-0.05, 0) is 19.1 Å². The molecule has 1 rings (SSSR count). The highest BCUT2D eigenvalue weighted by atomic mass is 32.1. The molecule has 0 fully saturated rings.